The summed E-state index contributed by atoms with van der Waals surface area (Å²) >= 11 is 6.03. The molecular formula is C16H23ClN2O4. The summed E-state index contributed by atoms with van der Waals surface area (Å²) in [6.07, 6.45) is 0. The molecule has 0 saturated heterocycles. The highest BCUT2D eigenvalue weighted by molar-refractivity contribution is 6.32. The molecule has 0 unspecified atom stereocenters. The Morgan fingerprint density at radius 2 is 1.83 bits per heavy atom. The molecule has 0 aliphatic rings. The van der Waals surface area contributed by atoms with Crippen molar-refractivity contribution in [3.63, 3.8) is 0 Å². The molecule has 0 atom stereocenters. The van der Waals surface area contributed by atoms with Crippen LogP contribution >= 0.6 is 11.6 Å². The van der Waals surface area contributed by atoms with Gasteiger partial charge in [0.2, 0.25) is 11.8 Å². The second-order valence-corrected chi connectivity index (χ2v) is 5.94. The zero-order valence-electron chi connectivity index (χ0n) is 14.1. The zero-order chi connectivity index (χ0) is 17.6. The van der Waals surface area contributed by atoms with Crippen molar-refractivity contribution in [1.29, 1.82) is 0 Å². The molecule has 0 saturated carbocycles. The van der Waals surface area contributed by atoms with Crippen LogP contribution in [0.2, 0.25) is 5.02 Å². The summed E-state index contributed by atoms with van der Waals surface area (Å²) in [5, 5.41) is 3.11. The summed E-state index contributed by atoms with van der Waals surface area (Å²) in [4.78, 5) is 25.3. The Balaban J connectivity index is 2.89. The lowest BCUT2D eigenvalue weighted by atomic mass is 10.2. The molecule has 1 N–H and O–H groups in total. The van der Waals surface area contributed by atoms with Gasteiger partial charge in [-0.3, -0.25) is 9.59 Å². The van der Waals surface area contributed by atoms with Crippen molar-refractivity contribution in [2.24, 2.45) is 5.92 Å². The van der Waals surface area contributed by atoms with Gasteiger partial charge >= 0.3 is 0 Å². The molecule has 1 rings (SSSR count). The van der Waals surface area contributed by atoms with Crippen LogP contribution in [0.3, 0.4) is 0 Å². The fraction of sp³-hybridized carbons (Fsp3) is 0.500. The molecule has 7 heteroatoms. The van der Waals surface area contributed by atoms with Crippen LogP contribution in [0.1, 0.15) is 20.8 Å². The van der Waals surface area contributed by atoms with Gasteiger partial charge in [0.1, 0.15) is 11.5 Å². The van der Waals surface area contributed by atoms with E-state index in [0.29, 0.717) is 28.8 Å². The minimum Gasteiger partial charge on any atom is -0.495 e. The van der Waals surface area contributed by atoms with E-state index in [-0.39, 0.29) is 24.3 Å². The Labute approximate surface area is 141 Å². The fourth-order valence-corrected chi connectivity index (χ4v) is 2.30. The van der Waals surface area contributed by atoms with Crippen molar-refractivity contribution in [3.8, 4) is 11.5 Å². The number of amides is 2. The van der Waals surface area contributed by atoms with Crippen molar-refractivity contribution >= 4 is 29.1 Å². The van der Waals surface area contributed by atoms with Crippen LogP contribution in [0.4, 0.5) is 5.69 Å². The van der Waals surface area contributed by atoms with Crippen molar-refractivity contribution in [1.82, 2.24) is 4.90 Å². The summed E-state index contributed by atoms with van der Waals surface area (Å²) in [6.45, 7) is 5.91. The SMILES string of the molecule is COc1cc(NC(=O)CN(CC(C)C)C(C)=O)c(OC)cc1Cl. The molecule has 0 bridgehead atoms. The quantitative estimate of drug-likeness (QED) is 0.827. The first-order valence-corrected chi connectivity index (χ1v) is 7.63. The average Bonchev–Trinajstić information content (AvgIpc) is 2.47. The van der Waals surface area contributed by atoms with Gasteiger partial charge < -0.3 is 19.7 Å². The lowest BCUT2D eigenvalue weighted by Gasteiger charge is -2.22. The van der Waals surface area contributed by atoms with Crippen LogP contribution in [-0.2, 0) is 9.59 Å². The highest BCUT2D eigenvalue weighted by Gasteiger charge is 2.17. The van der Waals surface area contributed by atoms with Gasteiger partial charge in [-0.2, -0.15) is 0 Å². The molecule has 6 nitrogen and oxygen atoms in total. The third kappa shape index (κ3) is 5.63. The van der Waals surface area contributed by atoms with Crippen molar-refractivity contribution < 1.29 is 19.1 Å². The minimum absolute atomic E-state index is 0.0262. The van der Waals surface area contributed by atoms with Crippen LogP contribution in [0.25, 0.3) is 0 Å². The van der Waals surface area contributed by atoms with E-state index in [4.69, 9.17) is 21.1 Å². The molecule has 1 aromatic carbocycles. The van der Waals surface area contributed by atoms with Gasteiger partial charge in [0.05, 0.1) is 31.5 Å². The van der Waals surface area contributed by atoms with Crippen molar-refractivity contribution in [2.75, 3.05) is 32.6 Å². The first-order valence-electron chi connectivity index (χ1n) is 7.25. The number of benzene rings is 1. The first-order chi connectivity index (χ1) is 10.8. The molecule has 1 aromatic rings. The van der Waals surface area contributed by atoms with Crippen LogP contribution in [0, 0.1) is 5.92 Å². The van der Waals surface area contributed by atoms with E-state index in [0.717, 1.165) is 0 Å². The van der Waals surface area contributed by atoms with Gasteiger partial charge in [-0.1, -0.05) is 25.4 Å². The van der Waals surface area contributed by atoms with Gasteiger partial charge in [-0.15, -0.1) is 0 Å². The molecular weight excluding hydrogens is 320 g/mol. The molecule has 0 aliphatic heterocycles. The van der Waals surface area contributed by atoms with E-state index in [1.165, 1.54) is 26.0 Å². The van der Waals surface area contributed by atoms with Gasteiger partial charge in [0, 0.05) is 25.6 Å². The van der Waals surface area contributed by atoms with Crippen molar-refractivity contribution in [2.45, 2.75) is 20.8 Å². The third-order valence-corrected chi connectivity index (χ3v) is 3.41. The van der Waals surface area contributed by atoms with E-state index in [9.17, 15) is 9.59 Å². The summed E-state index contributed by atoms with van der Waals surface area (Å²) in [7, 11) is 2.97. The highest BCUT2D eigenvalue weighted by atomic mass is 35.5. The summed E-state index contributed by atoms with van der Waals surface area (Å²) < 4.78 is 10.3. The number of carbonyl (C=O) groups is 2. The molecule has 2 amide bonds. The van der Waals surface area contributed by atoms with Gasteiger partial charge in [-0.25, -0.2) is 0 Å². The van der Waals surface area contributed by atoms with E-state index >= 15 is 0 Å². The first kappa shape index (κ1) is 19.1. The Kier molecular flexibility index (Phi) is 7.16. The summed E-state index contributed by atoms with van der Waals surface area (Å²) in [5.41, 5.74) is 0.437. The number of nitrogens with zero attached hydrogens (tertiary/aromatic N) is 1. The lowest BCUT2D eigenvalue weighted by molar-refractivity contribution is -0.133. The van der Waals surface area contributed by atoms with E-state index < -0.39 is 0 Å². The van der Waals surface area contributed by atoms with E-state index in [2.05, 4.69) is 5.32 Å². The standard InChI is InChI=1S/C16H23ClN2O4/c1-10(2)8-19(11(3)20)9-16(21)18-13-7-14(22-4)12(17)6-15(13)23-5/h6-7,10H,8-9H2,1-5H3,(H,18,21). The minimum atomic E-state index is -0.316. The molecule has 0 spiro atoms. The third-order valence-electron chi connectivity index (χ3n) is 3.11. The number of nitrogens with one attached hydrogen (secondary N) is 1. The molecule has 0 radical (unpaired) electrons. The monoisotopic (exact) mass is 342 g/mol. The number of rotatable bonds is 7. The smallest absolute Gasteiger partial charge is 0.244 e. The summed E-state index contributed by atoms with van der Waals surface area (Å²) in [5.74, 6) is 0.658. The Morgan fingerprint density at radius 1 is 1.22 bits per heavy atom. The Hall–Kier alpha value is -1.95. The zero-order valence-corrected chi connectivity index (χ0v) is 14.9. The van der Waals surface area contributed by atoms with Gasteiger partial charge in [-0.05, 0) is 5.92 Å². The maximum absolute atomic E-state index is 12.2. The highest BCUT2D eigenvalue weighted by Crippen LogP contribution is 2.35. The number of hydrogen-bond donors (Lipinski definition) is 1. The molecule has 0 aromatic heterocycles. The predicted octanol–water partition coefficient (Wildman–Crippen LogP) is 2.80. The second-order valence-electron chi connectivity index (χ2n) is 5.53. The number of methoxy groups -OCH3 is 2. The number of hydrogen-bond acceptors (Lipinski definition) is 4. The Bertz CT molecular complexity index is 575. The number of halogens is 1. The maximum atomic E-state index is 12.2. The summed E-state index contributed by atoms with van der Waals surface area (Å²) in [6, 6.07) is 3.15. The molecule has 0 heterocycles. The van der Waals surface area contributed by atoms with E-state index in [1.807, 2.05) is 13.8 Å². The largest absolute Gasteiger partial charge is 0.495 e. The number of anilines is 1. The van der Waals surface area contributed by atoms with Gasteiger partial charge in [0.25, 0.3) is 0 Å². The van der Waals surface area contributed by atoms with Crippen LogP contribution < -0.4 is 14.8 Å². The molecule has 0 aliphatic carbocycles. The van der Waals surface area contributed by atoms with Crippen LogP contribution in [0.5, 0.6) is 11.5 Å². The number of carbonyl (C=O) groups excluding carboxylic acids is 2. The molecule has 0 fully saturated rings. The van der Waals surface area contributed by atoms with Crippen molar-refractivity contribution in [3.05, 3.63) is 17.2 Å². The second kappa shape index (κ2) is 8.62. The average molecular weight is 343 g/mol. The molecule has 23 heavy (non-hydrogen) atoms. The Morgan fingerprint density at radius 3 is 2.30 bits per heavy atom. The molecule has 128 valence electrons. The van der Waals surface area contributed by atoms with Crippen LogP contribution in [0.15, 0.2) is 12.1 Å². The van der Waals surface area contributed by atoms with Crippen LogP contribution in [-0.4, -0.2) is 44.0 Å². The maximum Gasteiger partial charge on any atom is 0.244 e. The fourth-order valence-electron chi connectivity index (χ4n) is 2.07. The number of ether oxygens (including phenoxy) is 2. The topological polar surface area (TPSA) is 67.9 Å². The lowest BCUT2D eigenvalue weighted by Crippen LogP contribution is -2.38. The van der Waals surface area contributed by atoms with Gasteiger partial charge in [0.15, 0.2) is 0 Å². The van der Waals surface area contributed by atoms with E-state index in [1.54, 1.807) is 12.1 Å². The predicted molar refractivity (Wildman–Crippen MR) is 90.3 cm³/mol. The normalized spacial score (nSPS) is 10.4.